The fraction of sp³-hybridized carbons (Fsp3) is 0.421. The van der Waals surface area contributed by atoms with E-state index >= 15 is 0 Å². The van der Waals surface area contributed by atoms with Gasteiger partial charge in [-0.25, -0.2) is 18.1 Å². The van der Waals surface area contributed by atoms with Crippen LogP contribution in [0.1, 0.15) is 34.7 Å². The Bertz CT molecular complexity index is 860. The number of rotatable bonds is 9. The van der Waals surface area contributed by atoms with Gasteiger partial charge in [0, 0.05) is 16.3 Å². The molecule has 0 bridgehead atoms. The molecule has 0 aliphatic carbocycles. The van der Waals surface area contributed by atoms with Crippen molar-refractivity contribution in [2.75, 3.05) is 13.6 Å². The van der Waals surface area contributed by atoms with Crippen molar-refractivity contribution in [3.63, 3.8) is 0 Å². The molecule has 1 aromatic carbocycles. The fourth-order valence-electron chi connectivity index (χ4n) is 2.50. The van der Waals surface area contributed by atoms with Crippen LogP contribution in [0.5, 0.6) is 0 Å². The molecule has 0 amide bonds. The van der Waals surface area contributed by atoms with Crippen molar-refractivity contribution in [3.05, 3.63) is 57.3 Å². The molecule has 8 heteroatoms. The SMILES string of the molecule is CCNC(=NCc1cccc(CS(=O)(=O)NC)c1)NCc1ccc(CC)s1. The van der Waals surface area contributed by atoms with Crippen LogP contribution < -0.4 is 15.4 Å². The lowest BCUT2D eigenvalue weighted by Gasteiger charge is -2.11. The second-order valence-electron chi connectivity index (χ2n) is 6.05. The molecule has 0 unspecified atom stereocenters. The van der Waals surface area contributed by atoms with Crippen LogP contribution in [0.25, 0.3) is 0 Å². The fourth-order valence-corrected chi connectivity index (χ4v) is 4.16. The Morgan fingerprint density at radius 3 is 2.48 bits per heavy atom. The summed E-state index contributed by atoms with van der Waals surface area (Å²) in [5, 5.41) is 6.59. The van der Waals surface area contributed by atoms with Crippen molar-refractivity contribution >= 4 is 27.3 Å². The Kier molecular flexibility index (Phi) is 8.27. The molecule has 2 rings (SSSR count). The summed E-state index contributed by atoms with van der Waals surface area (Å²) in [6.07, 6.45) is 1.05. The van der Waals surface area contributed by atoms with Crippen LogP contribution in [0.4, 0.5) is 0 Å². The van der Waals surface area contributed by atoms with Gasteiger partial charge in [0.05, 0.1) is 18.8 Å². The number of sulfonamides is 1. The van der Waals surface area contributed by atoms with Crippen LogP contribution in [0.15, 0.2) is 41.4 Å². The molecule has 0 saturated carbocycles. The predicted molar refractivity (Wildman–Crippen MR) is 113 cm³/mol. The van der Waals surface area contributed by atoms with Gasteiger partial charge in [0.15, 0.2) is 5.96 Å². The third kappa shape index (κ3) is 7.32. The maximum absolute atomic E-state index is 11.7. The number of benzene rings is 1. The van der Waals surface area contributed by atoms with Crippen LogP contribution in [-0.4, -0.2) is 28.0 Å². The molecule has 2 aromatic rings. The minimum absolute atomic E-state index is 0.0302. The summed E-state index contributed by atoms with van der Waals surface area (Å²) in [6.45, 7) is 6.17. The second-order valence-corrected chi connectivity index (χ2v) is 9.23. The van der Waals surface area contributed by atoms with E-state index in [1.54, 1.807) is 0 Å². The highest BCUT2D eigenvalue weighted by atomic mass is 32.2. The summed E-state index contributed by atoms with van der Waals surface area (Å²) in [5.74, 6) is 0.717. The van der Waals surface area contributed by atoms with Crippen molar-refractivity contribution in [2.45, 2.75) is 39.1 Å². The number of aliphatic imine (C=N–C) groups is 1. The molecule has 0 fully saturated rings. The van der Waals surface area contributed by atoms with Crippen molar-refractivity contribution in [3.8, 4) is 0 Å². The van der Waals surface area contributed by atoms with Crippen molar-refractivity contribution in [1.82, 2.24) is 15.4 Å². The van der Waals surface area contributed by atoms with E-state index in [0.29, 0.717) is 6.54 Å². The molecule has 0 aliphatic heterocycles. The summed E-state index contributed by atoms with van der Waals surface area (Å²) in [6, 6.07) is 11.8. The molecule has 0 spiro atoms. The molecular weight excluding hydrogens is 380 g/mol. The highest BCUT2D eigenvalue weighted by molar-refractivity contribution is 7.88. The maximum Gasteiger partial charge on any atom is 0.215 e. The first-order valence-corrected chi connectivity index (χ1v) is 11.5. The van der Waals surface area contributed by atoms with E-state index < -0.39 is 10.0 Å². The second kappa shape index (κ2) is 10.4. The molecule has 6 nitrogen and oxygen atoms in total. The zero-order chi connectivity index (χ0) is 19.7. The molecular formula is C19H28N4O2S2. The highest BCUT2D eigenvalue weighted by Gasteiger charge is 2.09. The van der Waals surface area contributed by atoms with Gasteiger partial charge in [-0.15, -0.1) is 11.3 Å². The minimum Gasteiger partial charge on any atom is -0.357 e. The number of guanidine groups is 1. The van der Waals surface area contributed by atoms with Gasteiger partial charge in [-0.3, -0.25) is 0 Å². The standard InChI is InChI=1S/C19H28N4O2S2/c1-4-17-9-10-18(26-17)13-23-19(21-5-2)22-12-15-7-6-8-16(11-15)14-27(24,25)20-3/h6-11,20H,4-5,12-14H2,1-3H3,(H2,21,22,23). The summed E-state index contributed by atoms with van der Waals surface area (Å²) in [5.41, 5.74) is 1.72. The lowest BCUT2D eigenvalue weighted by molar-refractivity contribution is 0.587. The highest BCUT2D eigenvalue weighted by Crippen LogP contribution is 2.16. The van der Waals surface area contributed by atoms with E-state index in [9.17, 15) is 8.42 Å². The van der Waals surface area contributed by atoms with Gasteiger partial charge in [0.1, 0.15) is 0 Å². The maximum atomic E-state index is 11.7. The van der Waals surface area contributed by atoms with Crippen LogP contribution in [0.3, 0.4) is 0 Å². The predicted octanol–water partition coefficient (Wildman–Crippen LogP) is 2.62. The average molecular weight is 409 g/mol. The molecule has 27 heavy (non-hydrogen) atoms. The summed E-state index contributed by atoms with van der Waals surface area (Å²) in [4.78, 5) is 7.27. The van der Waals surface area contributed by atoms with Gasteiger partial charge >= 0.3 is 0 Å². The number of aryl methyl sites for hydroxylation is 1. The van der Waals surface area contributed by atoms with Crippen LogP contribution >= 0.6 is 11.3 Å². The summed E-state index contributed by atoms with van der Waals surface area (Å²) >= 11 is 1.81. The Morgan fingerprint density at radius 2 is 1.81 bits per heavy atom. The minimum atomic E-state index is -3.28. The molecule has 1 heterocycles. The van der Waals surface area contributed by atoms with E-state index in [4.69, 9.17) is 0 Å². The lowest BCUT2D eigenvalue weighted by atomic mass is 10.1. The molecule has 0 radical (unpaired) electrons. The van der Waals surface area contributed by atoms with Crippen molar-refractivity contribution in [2.24, 2.45) is 4.99 Å². The summed E-state index contributed by atoms with van der Waals surface area (Å²) in [7, 11) is -1.85. The Balaban J connectivity index is 2.01. The third-order valence-electron chi connectivity index (χ3n) is 3.92. The lowest BCUT2D eigenvalue weighted by Crippen LogP contribution is -2.36. The molecule has 0 aliphatic rings. The van der Waals surface area contributed by atoms with E-state index in [1.807, 2.05) is 42.5 Å². The molecule has 0 atom stereocenters. The number of nitrogens with zero attached hydrogens (tertiary/aromatic N) is 1. The number of thiophene rings is 1. The average Bonchev–Trinajstić information content (AvgIpc) is 3.12. The number of hydrogen-bond donors (Lipinski definition) is 3. The zero-order valence-electron chi connectivity index (χ0n) is 16.1. The smallest absolute Gasteiger partial charge is 0.215 e. The van der Waals surface area contributed by atoms with Gasteiger partial charge in [-0.2, -0.15) is 0 Å². The first kappa shape index (κ1) is 21.4. The molecule has 148 valence electrons. The van der Waals surface area contributed by atoms with E-state index in [1.165, 1.54) is 16.8 Å². The van der Waals surface area contributed by atoms with Gasteiger partial charge < -0.3 is 10.6 Å². The van der Waals surface area contributed by atoms with Gasteiger partial charge in [-0.1, -0.05) is 31.2 Å². The normalized spacial score (nSPS) is 12.2. The van der Waals surface area contributed by atoms with Crippen LogP contribution in [-0.2, 0) is 35.3 Å². The van der Waals surface area contributed by atoms with Gasteiger partial charge in [0.25, 0.3) is 0 Å². The van der Waals surface area contributed by atoms with Crippen LogP contribution in [0, 0.1) is 0 Å². The Morgan fingerprint density at radius 1 is 1.07 bits per heavy atom. The van der Waals surface area contributed by atoms with Gasteiger partial charge in [0.2, 0.25) is 10.0 Å². The number of hydrogen-bond acceptors (Lipinski definition) is 4. The monoisotopic (exact) mass is 408 g/mol. The Hall–Kier alpha value is -1.90. The first-order chi connectivity index (χ1) is 13.0. The van der Waals surface area contributed by atoms with E-state index in [-0.39, 0.29) is 5.75 Å². The van der Waals surface area contributed by atoms with E-state index in [2.05, 4.69) is 39.4 Å². The topological polar surface area (TPSA) is 82.6 Å². The van der Waals surface area contributed by atoms with Crippen molar-refractivity contribution < 1.29 is 8.42 Å². The van der Waals surface area contributed by atoms with Crippen LogP contribution in [0.2, 0.25) is 0 Å². The van der Waals surface area contributed by atoms with E-state index in [0.717, 1.165) is 36.6 Å². The third-order valence-corrected chi connectivity index (χ3v) is 6.48. The largest absolute Gasteiger partial charge is 0.357 e. The van der Waals surface area contributed by atoms with Crippen molar-refractivity contribution in [1.29, 1.82) is 0 Å². The Labute approximate surface area is 166 Å². The molecule has 1 aromatic heterocycles. The summed E-state index contributed by atoms with van der Waals surface area (Å²) < 4.78 is 25.8. The molecule has 3 N–H and O–H groups in total. The van der Waals surface area contributed by atoms with Gasteiger partial charge in [-0.05, 0) is 43.7 Å². The molecule has 0 saturated heterocycles. The quantitative estimate of drug-likeness (QED) is 0.440. The first-order valence-electron chi connectivity index (χ1n) is 9.04. The zero-order valence-corrected chi connectivity index (χ0v) is 17.7. The number of nitrogens with one attached hydrogen (secondary N) is 3.